The fraction of sp³-hybridized carbons (Fsp3) is 0. The van der Waals surface area contributed by atoms with Gasteiger partial charge in [-0.2, -0.15) is 0 Å². The molecule has 1 nitrogen and oxygen atoms in total. The number of pyridine rings is 1. The van der Waals surface area contributed by atoms with Gasteiger partial charge in [-0.1, -0.05) is 76.6 Å². The van der Waals surface area contributed by atoms with Crippen molar-refractivity contribution in [3.05, 3.63) is 85.3 Å². The normalized spacial score (nSPS) is 11.0. The second kappa shape index (κ2) is 7.17. The zero-order valence-electron chi connectivity index (χ0n) is 13.0. The lowest BCUT2D eigenvalue weighted by Gasteiger charge is -2.15. The summed E-state index contributed by atoms with van der Waals surface area (Å²) in [7, 11) is 0. The molecule has 0 N–H and O–H groups in total. The topological polar surface area (TPSA) is 12.9 Å². The largest absolute Gasteiger partial charge is 0.245 e. The lowest BCUT2D eigenvalue weighted by atomic mass is 9.98. The zero-order chi connectivity index (χ0) is 17.4. The molecule has 0 aliphatic heterocycles. The van der Waals surface area contributed by atoms with Gasteiger partial charge in [0.2, 0.25) is 0 Å². The highest BCUT2D eigenvalue weighted by molar-refractivity contribution is 14.1. The van der Waals surface area contributed by atoms with Gasteiger partial charge < -0.3 is 0 Å². The van der Waals surface area contributed by atoms with Crippen LogP contribution < -0.4 is 0 Å². The molecule has 0 saturated heterocycles. The van der Waals surface area contributed by atoms with Crippen LogP contribution >= 0.6 is 54.5 Å². The maximum atomic E-state index is 5.00. The first-order chi connectivity index (χ1) is 12.1. The standard InChI is InChI=1S/C21H12Br2IN/c22-15-11-16-18(13-7-3-1-4-8-13)19(24)20(14-9-5-2-6-10-14)25-21(16)17(23)12-15/h1-12H. The minimum Gasteiger partial charge on any atom is -0.245 e. The van der Waals surface area contributed by atoms with Crippen LogP contribution in [0.3, 0.4) is 0 Å². The van der Waals surface area contributed by atoms with Gasteiger partial charge in [0.1, 0.15) is 0 Å². The fourth-order valence-electron chi connectivity index (χ4n) is 2.94. The van der Waals surface area contributed by atoms with E-state index >= 15 is 0 Å². The molecule has 0 aliphatic carbocycles. The number of nitrogens with zero attached hydrogens (tertiary/aromatic N) is 1. The van der Waals surface area contributed by atoms with Crippen molar-refractivity contribution in [3.63, 3.8) is 0 Å². The predicted octanol–water partition coefficient (Wildman–Crippen LogP) is 7.70. The van der Waals surface area contributed by atoms with Crippen molar-refractivity contribution in [2.45, 2.75) is 0 Å². The van der Waals surface area contributed by atoms with Crippen molar-refractivity contribution >= 4 is 65.4 Å². The number of hydrogen-bond donors (Lipinski definition) is 0. The molecule has 0 atom stereocenters. The molecule has 4 rings (SSSR count). The molecule has 0 fully saturated rings. The number of fused-ring (bicyclic) bond motifs is 1. The van der Waals surface area contributed by atoms with E-state index in [0.29, 0.717) is 0 Å². The summed E-state index contributed by atoms with van der Waals surface area (Å²) in [5.41, 5.74) is 5.52. The first kappa shape index (κ1) is 17.2. The van der Waals surface area contributed by atoms with E-state index < -0.39 is 0 Å². The monoisotopic (exact) mass is 563 g/mol. The van der Waals surface area contributed by atoms with Crippen molar-refractivity contribution in [1.82, 2.24) is 4.98 Å². The number of halogens is 3. The van der Waals surface area contributed by atoms with Crippen molar-refractivity contribution in [1.29, 1.82) is 0 Å². The average molecular weight is 565 g/mol. The molecule has 0 bridgehead atoms. The molecule has 0 amide bonds. The van der Waals surface area contributed by atoms with E-state index in [1.807, 2.05) is 18.2 Å². The molecule has 3 aromatic carbocycles. The minimum absolute atomic E-state index is 0.973. The zero-order valence-corrected chi connectivity index (χ0v) is 18.3. The Morgan fingerprint density at radius 2 is 1.36 bits per heavy atom. The SMILES string of the molecule is Brc1cc(Br)c2nc(-c3ccccc3)c(I)c(-c3ccccc3)c2c1. The first-order valence-electron chi connectivity index (χ1n) is 7.74. The van der Waals surface area contributed by atoms with Crippen LogP contribution in [0.2, 0.25) is 0 Å². The van der Waals surface area contributed by atoms with Crippen LogP contribution in [0.15, 0.2) is 81.7 Å². The summed E-state index contributed by atoms with van der Waals surface area (Å²) in [5.74, 6) is 0. The van der Waals surface area contributed by atoms with Crippen molar-refractivity contribution in [3.8, 4) is 22.4 Å². The molecular formula is C21H12Br2IN. The van der Waals surface area contributed by atoms with Crippen molar-refractivity contribution < 1.29 is 0 Å². The van der Waals surface area contributed by atoms with Gasteiger partial charge in [0.15, 0.2) is 0 Å². The molecule has 1 heterocycles. The minimum atomic E-state index is 0.973. The van der Waals surface area contributed by atoms with E-state index in [4.69, 9.17) is 4.98 Å². The second-order valence-electron chi connectivity index (χ2n) is 5.67. The Kier molecular flexibility index (Phi) is 4.93. The maximum absolute atomic E-state index is 5.00. The molecule has 4 heteroatoms. The Morgan fingerprint density at radius 3 is 2.00 bits per heavy atom. The van der Waals surface area contributed by atoms with E-state index in [9.17, 15) is 0 Å². The number of rotatable bonds is 2. The Hall–Kier alpha value is -1.24. The third kappa shape index (κ3) is 3.27. The van der Waals surface area contributed by atoms with Crippen molar-refractivity contribution in [2.24, 2.45) is 0 Å². The Morgan fingerprint density at radius 1 is 0.760 bits per heavy atom. The van der Waals surface area contributed by atoms with Crippen LogP contribution in [0.4, 0.5) is 0 Å². The van der Waals surface area contributed by atoms with Crippen LogP contribution in [-0.2, 0) is 0 Å². The Bertz CT molecular complexity index is 1060. The Labute approximate surface area is 176 Å². The lowest BCUT2D eigenvalue weighted by molar-refractivity contribution is 1.36. The van der Waals surface area contributed by atoms with Crippen LogP contribution in [-0.4, -0.2) is 4.98 Å². The summed E-state index contributed by atoms with van der Waals surface area (Å²) in [6.07, 6.45) is 0. The highest BCUT2D eigenvalue weighted by Gasteiger charge is 2.17. The molecule has 0 unspecified atom stereocenters. The van der Waals surface area contributed by atoms with E-state index in [1.54, 1.807) is 0 Å². The number of aromatic nitrogens is 1. The summed E-state index contributed by atoms with van der Waals surface area (Å²) in [6.45, 7) is 0. The molecule has 25 heavy (non-hydrogen) atoms. The third-order valence-electron chi connectivity index (χ3n) is 4.06. The molecular weight excluding hydrogens is 553 g/mol. The van der Waals surface area contributed by atoms with Gasteiger partial charge in [-0.3, -0.25) is 0 Å². The Balaban J connectivity index is 2.15. The molecule has 0 aliphatic rings. The molecule has 1 aromatic heterocycles. The molecule has 0 spiro atoms. The van der Waals surface area contributed by atoms with Gasteiger partial charge in [-0.05, 0) is 56.2 Å². The van der Waals surface area contributed by atoms with Gasteiger partial charge in [-0.25, -0.2) is 4.98 Å². The van der Waals surface area contributed by atoms with Crippen LogP contribution in [0.1, 0.15) is 0 Å². The molecule has 0 radical (unpaired) electrons. The fourth-order valence-corrected chi connectivity index (χ4v) is 5.29. The lowest BCUT2D eigenvalue weighted by Crippen LogP contribution is -1.96. The summed E-state index contributed by atoms with van der Waals surface area (Å²) < 4.78 is 3.18. The van der Waals surface area contributed by atoms with E-state index in [1.165, 1.54) is 11.1 Å². The van der Waals surface area contributed by atoms with Crippen molar-refractivity contribution in [2.75, 3.05) is 0 Å². The van der Waals surface area contributed by atoms with Crippen LogP contribution in [0.25, 0.3) is 33.3 Å². The maximum Gasteiger partial charge on any atom is 0.0859 e. The third-order valence-corrected chi connectivity index (χ3v) is 6.17. The highest BCUT2D eigenvalue weighted by atomic mass is 127. The van der Waals surface area contributed by atoms with Gasteiger partial charge in [0.25, 0.3) is 0 Å². The van der Waals surface area contributed by atoms with E-state index in [2.05, 4.69) is 109 Å². The molecule has 4 aromatic rings. The smallest absolute Gasteiger partial charge is 0.0859 e. The van der Waals surface area contributed by atoms with Gasteiger partial charge in [0.05, 0.1) is 11.2 Å². The van der Waals surface area contributed by atoms with E-state index in [0.717, 1.165) is 34.7 Å². The van der Waals surface area contributed by atoms with Crippen LogP contribution in [0, 0.1) is 3.57 Å². The second-order valence-corrected chi connectivity index (χ2v) is 8.51. The van der Waals surface area contributed by atoms with Gasteiger partial charge >= 0.3 is 0 Å². The highest BCUT2D eigenvalue weighted by Crippen LogP contribution is 2.40. The van der Waals surface area contributed by atoms with Gasteiger partial charge in [0, 0.05) is 29.0 Å². The predicted molar refractivity (Wildman–Crippen MR) is 121 cm³/mol. The van der Waals surface area contributed by atoms with Crippen LogP contribution in [0.5, 0.6) is 0 Å². The average Bonchev–Trinajstić information content (AvgIpc) is 2.63. The number of hydrogen-bond acceptors (Lipinski definition) is 1. The quantitative estimate of drug-likeness (QED) is 0.227. The molecule has 122 valence electrons. The van der Waals surface area contributed by atoms with Gasteiger partial charge in [-0.15, -0.1) is 0 Å². The van der Waals surface area contributed by atoms with E-state index in [-0.39, 0.29) is 0 Å². The summed E-state index contributed by atoms with van der Waals surface area (Å²) >= 11 is 9.73. The molecule has 0 saturated carbocycles. The summed E-state index contributed by atoms with van der Waals surface area (Å²) in [5, 5.41) is 1.14. The summed E-state index contributed by atoms with van der Waals surface area (Å²) in [4.78, 5) is 5.00. The summed E-state index contributed by atoms with van der Waals surface area (Å²) in [6, 6.07) is 25.0. The number of benzene rings is 3. The first-order valence-corrected chi connectivity index (χ1v) is 10.4.